The quantitative estimate of drug-likeness (QED) is 0.753. The molecule has 0 fully saturated rings. The average Bonchev–Trinajstić information content (AvgIpc) is 2.36. The molecule has 0 N–H and O–H groups in total. The monoisotopic (exact) mass is 304 g/mol. The predicted molar refractivity (Wildman–Crippen MR) is 70.7 cm³/mol. The van der Waals surface area contributed by atoms with Crippen LogP contribution in [0.4, 0.5) is 12.9 Å². The maximum atomic E-state index is 12.6. The van der Waals surface area contributed by atoms with Crippen molar-refractivity contribution in [3.05, 3.63) is 59.7 Å². The van der Waals surface area contributed by atoms with Crippen molar-refractivity contribution in [3.8, 4) is 5.75 Å². The summed E-state index contributed by atoms with van der Waals surface area (Å²) in [4.78, 5) is 0. The topological polar surface area (TPSA) is 9.23 Å². The summed E-state index contributed by atoms with van der Waals surface area (Å²) in [7, 11) is 0. The first-order valence-corrected chi connectivity index (χ1v) is 5.93. The van der Waals surface area contributed by atoms with Gasteiger partial charge < -0.3 is 17.7 Å². The van der Waals surface area contributed by atoms with E-state index in [4.69, 9.17) is 4.74 Å². The van der Waals surface area contributed by atoms with Gasteiger partial charge >= 0.3 is 58.4 Å². The second-order valence-electron chi connectivity index (χ2n) is 4.42. The third-order valence-corrected chi connectivity index (χ3v) is 2.72. The van der Waals surface area contributed by atoms with E-state index < -0.39 is 12.4 Å². The minimum Gasteiger partial charge on any atom is -0.489 e. The van der Waals surface area contributed by atoms with E-state index in [0.717, 1.165) is 23.3 Å². The Balaban J connectivity index is 0.00000200. The second-order valence-corrected chi connectivity index (χ2v) is 4.42. The van der Waals surface area contributed by atoms with Crippen molar-refractivity contribution < 1.29 is 69.1 Å². The van der Waals surface area contributed by atoms with E-state index in [1.165, 1.54) is 12.1 Å². The molecular formula is C14H13BF3KO. The molecule has 0 amide bonds. The number of ether oxygens (including phenoxy) is 1. The van der Waals surface area contributed by atoms with Gasteiger partial charge in [-0.15, -0.1) is 5.46 Å². The fourth-order valence-electron chi connectivity index (χ4n) is 1.78. The van der Waals surface area contributed by atoms with E-state index in [-0.39, 0.29) is 63.7 Å². The Labute approximate surface area is 159 Å². The van der Waals surface area contributed by atoms with Gasteiger partial charge in [-0.2, -0.15) is 0 Å². The molecule has 0 heterocycles. The van der Waals surface area contributed by atoms with E-state index in [1.54, 1.807) is 0 Å². The van der Waals surface area contributed by atoms with Crippen molar-refractivity contribution >= 4 is 12.4 Å². The zero-order chi connectivity index (χ0) is 13.9. The summed E-state index contributed by atoms with van der Waals surface area (Å²) in [5, 5.41) is 0. The van der Waals surface area contributed by atoms with Crippen LogP contribution >= 0.6 is 0 Å². The van der Waals surface area contributed by atoms with Crippen LogP contribution in [0, 0.1) is 6.92 Å². The Morgan fingerprint density at radius 1 is 1.00 bits per heavy atom. The molecule has 0 aliphatic rings. The van der Waals surface area contributed by atoms with Crippen LogP contribution in [-0.4, -0.2) is 6.98 Å². The molecule has 0 aliphatic heterocycles. The van der Waals surface area contributed by atoms with Gasteiger partial charge in [0.1, 0.15) is 12.4 Å². The van der Waals surface area contributed by atoms with Crippen molar-refractivity contribution in [1.82, 2.24) is 0 Å². The SMILES string of the molecule is Cc1cccc(COc2cccc([B-](F)(F)F)c2)c1.[K+]. The third kappa shape index (κ3) is 5.26. The van der Waals surface area contributed by atoms with Crippen LogP contribution in [0.25, 0.3) is 0 Å². The molecule has 20 heavy (non-hydrogen) atoms. The smallest absolute Gasteiger partial charge is 0.489 e. The van der Waals surface area contributed by atoms with Crippen molar-refractivity contribution in [3.63, 3.8) is 0 Å². The Kier molecular flexibility index (Phi) is 6.81. The molecule has 0 spiro atoms. The van der Waals surface area contributed by atoms with Gasteiger partial charge in [0, 0.05) is 0 Å². The van der Waals surface area contributed by atoms with Crippen LogP contribution in [0.1, 0.15) is 11.1 Å². The predicted octanol–water partition coefficient (Wildman–Crippen LogP) is 0.632. The van der Waals surface area contributed by atoms with Crippen molar-refractivity contribution in [2.45, 2.75) is 13.5 Å². The van der Waals surface area contributed by atoms with Gasteiger partial charge in [-0.3, -0.25) is 0 Å². The van der Waals surface area contributed by atoms with E-state index in [9.17, 15) is 12.9 Å². The van der Waals surface area contributed by atoms with Gasteiger partial charge in [-0.05, 0) is 24.6 Å². The molecule has 0 saturated heterocycles. The maximum Gasteiger partial charge on any atom is 1.00 e. The number of hydrogen-bond donors (Lipinski definition) is 0. The first-order chi connectivity index (χ1) is 8.95. The Morgan fingerprint density at radius 2 is 1.70 bits per heavy atom. The summed E-state index contributed by atoms with van der Waals surface area (Å²) < 4.78 is 43.2. The van der Waals surface area contributed by atoms with E-state index in [2.05, 4.69) is 0 Å². The third-order valence-electron chi connectivity index (χ3n) is 2.72. The Morgan fingerprint density at radius 3 is 2.35 bits per heavy atom. The molecule has 0 unspecified atom stereocenters. The first kappa shape index (κ1) is 17.8. The Hall–Kier alpha value is -0.269. The van der Waals surface area contributed by atoms with Gasteiger partial charge in [-0.25, -0.2) is 0 Å². The van der Waals surface area contributed by atoms with Crippen LogP contribution in [0.15, 0.2) is 48.5 Å². The van der Waals surface area contributed by atoms with Crippen molar-refractivity contribution in [2.75, 3.05) is 0 Å². The van der Waals surface area contributed by atoms with Gasteiger partial charge in [0.05, 0.1) is 0 Å². The van der Waals surface area contributed by atoms with Gasteiger partial charge in [0.15, 0.2) is 0 Å². The number of hydrogen-bond acceptors (Lipinski definition) is 1. The molecule has 2 aromatic rings. The van der Waals surface area contributed by atoms with Gasteiger partial charge in [0.25, 0.3) is 0 Å². The minimum atomic E-state index is -4.98. The van der Waals surface area contributed by atoms with Gasteiger partial charge in [0.2, 0.25) is 0 Å². The summed E-state index contributed by atoms with van der Waals surface area (Å²) in [6, 6.07) is 12.6. The van der Waals surface area contributed by atoms with Crippen LogP contribution in [0.5, 0.6) is 5.75 Å². The molecule has 0 radical (unpaired) electrons. The molecule has 0 saturated carbocycles. The second kappa shape index (κ2) is 7.66. The van der Waals surface area contributed by atoms with Gasteiger partial charge in [-0.1, -0.05) is 42.0 Å². The average molecular weight is 304 g/mol. The molecule has 0 bridgehead atoms. The zero-order valence-electron chi connectivity index (χ0n) is 11.4. The summed E-state index contributed by atoms with van der Waals surface area (Å²) in [6.07, 6.45) is 0. The summed E-state index contributed by atoms with van der Waals surface area (Å²) in [5.41, 5.74) is 1.39. The standard InChI is InChI=1S/C14H13BF3O.K/c1-11-4-2-5-12(8-11)10-19-14-7-3-6-13(9-14)15(16,17)18;/h2-9H,10H2,1H3;/q-1;+1. The number of halogens is 3. The molecule has 0 aliphatic carbocycles. The Bertz CT molecular complexity index is 572. The number of rotatable bonds is 4. The molecule has 6 heteroatoms. The van der Waals surface area contributed by atoms with Crippen LogP contribution in [0.3, 0.4) is 0 Å². The van der Waals surface area contributed by atoms with E-state index in [0.29, 0.717) is 0 Å². The fourth-order valence-corrected chi connectivity index (χ4v) is 1.78. The summed E-state index contributed by atoms with van der Waals surface area (Å²) in [5.74, 6) is 0.234. The van der Waals surface area contributed by atoms with Crippen molar-refractivity contribution in [2.24, 2.45) is 0 Å². The summed E-state index contributed by atoms with van der Waals surface area (Å²) >= 11 is 0. The molecule has 0 atom stereocenters. The largest absolute Gasteiger partial charge is 1.00 e. The fraction of sp³-hybridized carbons (Fsp3) is 0.143. The zero-order valence-corrected chi connectivity index (χ0v) is 14.6. The van der Waals surface area contributed by atoms with Crippen LogP contribution < -0.4 is 61.6 Å². The molecule has 1 nitrogen and oxygen atoms in total. The van der Waals surface area contributed by atoms with Crippen LogP contribution in [-0.2, 0) is 6.61 Å². The molecular weight excluding hydrogens is 291 g/mol. The number of benzene rings is 2. The number of aryl methyl sites for hydroxylation is 1. The minimum absolute atomic E-state index is 0. The molecule has 0 aromatic heterocycles. The molecule has 2 aromatic carbocycles. The van der Waals surface area contributed by atoms with E-state index in [1.807, 2.05) is 31.2 Å². The maximum absolute atomic E-state index is 12.6. The van der Waals surface area contributed by atoms with Crippen LogP contribution in [0.2, 0.25) is 0 Å². The molecule has 2 rings (SSSR count). The van der Waals surface area contributed by atoms with E-state index >= 15 is 0 Å². The molecule has 100 valence electrons. The first-order valence-electron chi connectivity index (χ1n) is 5.93. The van der Waals surface area contributed by atoms with Crippen molar-refractivity contribution in [1.29, 1.82) is 0 Å². The summed E-state index contributed by atoms with van der Waals surface area (Å²) in [6.45, 7) is -2.77. The normalized spacial score (nSPS) is 10.8.